The lowest BCUT2D eigenvalue weighted by Crippen LogP contribution is -2.33. The van der Waals surface area contributed by atoms with Crippen molar-refractivity contribution in [3.63, 3.8) is 0 Å². The molecule has 0 aliphatic rings. The third-order valence-electron chi connectivity index (χ3n) is 4.81. The van der Waals surface area contributed by atoms with Crippen LogP contribution in [0, 0.1) is 0 Å². The van der Waals surface area contributed by atoms with Gasteiger partial charge in [-0.3, -0.25) is 14.8 Å². The summed E-state index contributed by atoms with van der Waals surface area (Å²) in [6, 6.07) is 20.1. The number of fused-ring (bicyclic) bond motifs is 1. The zero-order valence-electron chi connectivity index (χ0n) is 18.4. The second-order valence-corrected chi connectivity index (χ2v) is 10.8. The highest BCUT2D eigenvalue weighted by Crippen LogP contribution is 2.35. The molecule has 4 aromatic rings. The monoisotopic (exact) mass is 545 g/mol. The maximum absolute atomic E-state index is 12.7. The Kier molecular flexibility index (Phi) is 7.56. The van der Waals surface area contributed by atoms with E-state index >= 15 is 0 Å². The Morgan fingerprint density at radius 2 is 1.66 bits per heavy atom. The number of benzene rings is 3. The molecule has 0 fully saturated rings. The van der Waals surface area contributed by atoms with E-state index < -0.39 is 15.9 Å². The van der Waals surface area contributed by atoms with Crippen molar-refractivity contribution in [3.05, 3.63) is 82.7 Å². The number of sulfonamides is 1. The van der Waals surface area contributed by atoms with Crippen LogP contribution in [0.15, 0.2) is 77.7 Å². The fourth-order valence-electron chi connectivity index (χ4n) is 3.20. The maximum atomic E-state index is 12.7. The fourth-order valence-corrected chi connectivity index (χ4v) is 5.88. The highest BCUT2D eigenvalue weighted by atomic mass is 35.5. The Balaban J connectivity index is 1.38. The van der Waals surface area contributed by atoms with Gasteiger partial charge in [0.05, 0.1) is 16.5 Å². The molecule has 0 saturated carbocycles. The summed E-state index contributed by atoms with van der Waals surface area (Å²) < 4.78 is 34.2. The molecule has 180 valence electrons. The van der Waals surface area contributed by atoms with Crippen LogP contribution in [0.4, 0.5) is 11.4 Å². The van der Waals surface area contributed by atoms with Gasteiger partial charge < -0.3 is 10.1 Å². The number of nitrogens with one attached hydrogen (secondary N) is 3. The van der Waals surface area contributed by atoms with E-state index in [1.54, 1.807) is 36.4 Å². The molecule has 0 unspecified atom stereocenters. The number of halogens is 1. The van der Waals surface area contributed by atoms with E-state index in [0.29, 0.717) is 33.6 Å². The number of anilines is 2. The summed E-state index contributed by atoms with van der Waals surface area (Å²) in [5.41, 5.74) is 0.928. The van der Waals surface area contributed by atoms with Crippen molar-refractivity contribution in [2.24, 2.45) is 0 Å². The lowest BCUT2D eigenvalue weighted by molar-refractivity contribution is 0.0982. The minimum Gasteiger partial charge on any atom is -0.494 e. The fraction of sp³-hybridized carbons (Fsp3) is 0.0833. The number of thiophene rings is 1. The molecule has 0 aliphatic heterocycles. The van der Waals surface area contributed by atoms with Crippen LogP contribution in [0.25, 0.3) is 10.1 Å². The molecule has 3 aromatic carbocycles. The average Bonchev–Trinajstić information content (AvgIpc) is 3.17. The number of carbonyl (C=O) groups is 1. The molecule has 0 atom stereocenters. The van der Waals surface area contributed by atoms with E-state index in [4.69, 9.17) is 28.6 Å². The van der Waals surface area contributed by atoms with Crippen LogP contribution in [0.1, 0.15) is 16.6 Å². The molecule has 3 N–H and O–H groups in total. The highest BCUT2D eigenvalue weighted by Gasteiger charge is 2.18. The lowest BCUT2D eigenvalue weighted by atomic mass is 10.2. The van der Waals surface area contributed by atoms with Crippen molar-refractivity contribution in [1.82, 2.24) is 5.32 Å². The molecule has 7 nitrogen and oxygen atoms in total. The van der Waals surface area contributed by atoms with Gasteiger partial charge in [0.2, 0.25) is 0 Å². The first-order chi connectivity index (χ1) is 16.8. The van der Waals surface area contributed by atoms with Crippen molar-refractivity contribution in [3.8, 4) is 5.75 Å². The van der Waals surface area contributed by atoms with E-state index in [-0.39, 0.29) is 10.0 Å². The Morgan fingerprint density at radius 3 is 2.31 bits per heavy atom. The normalized spacial score (nSPS) is 11.1. The summed E-state index contributed by atoms with van der Waals surface area (Å²) in [6.07, 6.45) is 0. The Morgan fingerprint density at radius 1 is 1.00 bits per heavy atom. The number of thiocarbonyl (C=S) groups is 1. The summed E-state index contributed by atoms with van der Waals surface area (Å²) in [4.78, 5) is 13.1. The summed E-state index contributed by atoms with van der Waals surface area (Å²) in [5.74, 6) is 0.232. The van der Waals surface area contributed by atoms with Gasteiger partial charge in [-0.05, 0) is 73.7 Å². The van der Waals surface area contributed by atoms with E-state index in [1.807, 2.05) is 31.2 Å². The maximum Gasteiger partial charge on any atom is 0.269 e. The van der Waals surface area contributed by atoms with Gasteiger partial charge in [-0.2, -0.15) is 0 Å². The van der Waals surface area contributed by atoms with E-state index in [0.717, 1.165) is 10.1 Å². The van der Waals surface area contributed by atoms with Crippen LogP contribution in [-0.2, 0) is 10.0 Å². The van der Waals surface area contributed by atoms with E-state index in [9.17, 15) is 13.2 Å². The van der Waals surface area contributed by atoms with Crippen molar-refractivity contribution in [2.75, 3.05) is 16.6 Å². The molecule has 1 heterocycles. The van der Waals surface area contributed by atoms with Crippen molar-refractivity contribution < 1.29 is 17.9 Å². The van der Waals surface area contributed by atoms with Gasteiger partial charge in [-0.25, -0.2) is 8.42 Å². The number of carbonyl (C=O) groups excluding carboxylic acids is 1. The number of hydrogen-bond acceptors (Lipinski definition) is 6. The van der Waals surface area contributed by atoms with E-state index in [1.165, 1.54) is 23.5 Å². The van der Waals surface area contributed by atoms with Gasteiger partial charge in [0, 0.05) is 21.5 Å². The van der Waals surface area contributed by atoms with Crippen LogP contribution >= 0.6 is 35.2 Å². The number of rotatable bonds is 7. The first-order valence-electron chi connectivity index (χ1n) is 10.4. The molecule has 35 heavy (non-hydrogen) atoms. The van der Waals surface area contributed by atoms with Crippen molar-refractivity contribution in [2.45, 2.75) is 11.8 Å². The number of hydrogen-bond donors (Lipinski definition) is 3. The molecular weight excluding hydrogens is 526 g/mol. The molecule has 0 spiro atoms. The summed E-state index contributed by atoms with van der Waals surface area (Å²) in [5, 5.41) is 6.72. The molecule has 1 aromatic heterocycles. The van der Waals surface area contributed by atoms with Crippen molar-refractivity contribution >= 4 is 77.7 Å². The van der Waals surface area contributed by atoms with E-state index in [2.05, 4.69) is 15.4 Å². The minimum absolute atomic E-state index is 0.0617. The molecule has 0 aliphatic carbocycles. The molecule has 4 rings (SSSR count). The predicted octanol–water partition coefficient (Wildman–Crippen LogP) is 5.88. The Hall–Kier alpha value is -3.18. The standard InChI is InChI=1S/C24H20ClN3O4S3/c1-2-32-17-11-7-16(8-12-17)28-35(30,31)18-13-9-15(10-14-18)26-24(33)27-23(29)22-21(25)19-5-3-4-6-20(19)34-22/h3-14,28H,2H2,1H3,(H2,26,27,29,33). The second-order valence-electron chi connectivity index (χ2n) is 7.24. The Bertz CT molecular complexity index is 1480. The molecular formula is C24H20ClN3O4S3. The zero-order chi connectivity index (χ0) is 25.0. The smallest absolute Gasteiger partial charge is 0.269 e. The Labute approximate surface area is 217 Å². The van der Waals surface area contributed by atoms with Gasteiger partial charge in [-0.1, -0.05) is 29.8 Å². The molecule has 0 saturated heterocycles. The summed E-state index contributed by atoms with van der Waals surface area (Å²) in [6.45, 7) is 2.40. The summed E-state index contributed by atoms with van der Waals surface area (Å²) >= 11 is 12.9. The first kappa shape index (κ1) is 24.9. The molecule has 0 bridgehead atoms. The minimum atomic E-state index is -3.79. The van der Waals surface area contributed by atoms with Crippen molar-refractivity contribution in [1.29, 1.82) is 0 Å². The summed E-state index contributed by atoms with van der Waals surface area (Å²) in [7, 11) is -3.79. The lowest BCUT2D eigenvalue weighted by Gasteiger charge is -2.11. The van der Waals surface area contributed by atoms with Gasteiger partial charge in [0.1, 0.15) is 10.6 Å². The second kappa shape index (κ2) is 10.6. The van der Waals surface area contributed by atoms with Gasteiger partial charge >= 0.3 is 0 Å². The van der Waals surface area contributed by atoms with Crippen LogP contribution in [0.3, 0.4) is 0 Å². The third kappa shape index (κ3) is 5.91. The van der Waals surface area contributed by atoms with Gasteiger partial charge in [-0.15, -0.1) is 11.3 Å². The van der Waals surface area contributed by atoms with Crippen LogP contribution in [0.2, 0.25) is 5.02 Å². The highest BCUT2D eigenvalue weighted by molar-refractivity contribution is 7.92. The topological polar surface area (TPSA) is 96.5 Å². The van der Waals surface area contributed by atoms with Crippen LogP contribution < -0.4 is 20.1 Å². The third-order valence-corrected chi connectivity index (χ3v) is 8.08. The quantitative estimate of drug-likeness (QED) is 0.251. The molecule has 1 amide bonds. The average molecular weight is 546 g/mol. The largest absolute Gasteiger partial charge is 0.494 e. The van der Waals surface area contributed by atoms with Gasteiger partial charge in [0.25, 0.3) is 15.9 Å². The van der Waals surface area contributed by atoms with Crippen LogP contribution in [0.5, 0.6) is 5.75 Å². The predicted molar refractivity (Wildman–Crippen MR) is 145 cm³/mol. The van der Waals surface area contributed by atoms with Crippen LogP contribution in [-0.4, -0.2) is 26.0 Å². The number of ether oxygens (including phenoxy) is 1. The first-order valence-corrected chi connectivity index (χ1v) is 13.5. The molecule has 0 radical (unpaired) electrons. The zero-order valence-corrected chi connectivity index (χ0v) is 21.6. The molecule has 11 heteroatoms. The van der Waals surface area contributed by atoms with Gasteiger partial charge in [0.15, 0.2) is 5.11 Å². The number of amides is 1. The SMILES string of the molecule is CCOc1ccc(NS(=O)(=O)c2ccc(NC(=S)NC(=O)c3sc4ccccc4c3Cl)cc2)cc1.